The van der Waals surface area contributed by atoms with E-state index in [4.69, 9.17) is 17.0 Å². The first kappa shape index (κ1) is 12.1. The molecule has 0 spiro atoms. The molecule has 1 aliphatic carbocycles. The van der Waals surface area contributed by atoms with Crippen molar-refractivity contribution in [3.05, 3.63) is 0 Å². The first-order valence-electron chi connectivity index (χ1n) is 6.07. The summed E-state index contributed by atoms with van der Waals surface area (Å²) in [7, 11) is 1.71. The third-order valence-electron chi connectivity index (χ3n) is 3.25. The Hall–Kier alpha value is -0.390. The van der Waals surface area contributed by atoms with Crippen LogP contribution in [0, 0.1) is 0 Å². The van der Waals surface area contributed by atoms with Crippen molar-refractivity contribution in [3.63, 3.8) is 0 Å². The molecule has 2 aliphatic rings. The van der Waals surface area contributed by atoms with Gasteiger partial charge in [-0.3, -0.25) is 4.90 Å². The number of methoxy groups -OCH3 is 1. The quantitative estimate of drug-likeness (QED) is 0.566. The average Bonchev–Trinajstić information content (AvgIpc) is 3.13. The van der Waals surface area contributed by atoms with E-state index in [0.29, 0.717) is 6.61 Å². The molecule has 1 heterocycles. The molecule has 0 aromatic rings. The highest BCUT2D eigenvalue weighted by atomic mass is 32.1. The van der Waals surface area contributed by atoms with Crippen molar-refractivity contribution in [2.45, 2.75) is 18.9 Å². The minimum atomic E-state index is 0.710. The molecule has 16 heavy (non-hydrogen) atoms. The molecule has 5 heteroatoms. The number of nitrogens with zero attached hydrogens (tertiary/aromatic N) is 2. The Kier molecular flexibility index (Phi) is 4.37. The van der Waals surface area contributed by atoms with Crippen molar-refractivity contribution < 1.29 is 4.74 Å². The molecule has 0 amide bonds. The molecule has 92 valence electrons. The molecule has 0 atom stereocenters. The highest BCUT2D eigenvalue weighted by molar-refractivity contribution is 7.80. The van der Waals surface area contributed by atoms with Gasteiger partial charge < -0.3 is 15.0 Å². The summed E-state index contributed by atoms with van der Waals surface area (Å²) in [5.74, 6) is 0. The lowest BCUT2D eigenvalue weighted by Gasteiger charge is -2.36. The van der Waals surface area contributed by atoms with Crippen molar-refractivity contribution in [2.75, 3.05) is 46.4 Å². The van der Waals surface area contributed by atoms with Crippen LogP contribution in [0.25, 0.3) is 0 Å². The van der Waals surface area contributed by atoms with E-state index in [9.17, 15) is 0 Å². The Morgan fingerprint density at radius 1 is 1.31 bits per heavy atom. The molecule has 0 aromatic heterocycles. The zero-order valence-corrected chi connectivity index (χ0v) is 10.8. The normalized spacial score (nSPS) is 22.2. The summed E-state index contributed by atoms with van der Waals surface area (Å²) in [5, 5.41) is 4.11. The van der Waals surface area contributed by atoms with Gasteiger partial charge >= 0.3 is 0 Å². The molecular formula is C11H21N3OS. The highest BCUT2D eigenvalue weighted by Crippen LogP contribution is 2.27. The van der Waals surface area contributed by atoms with Crippen LogP contribution in [0.3, 0.4) is 0 Å². The standard InChI is InChI=1S/C11H21N3OS/c1-15-9-4-12-11(16)14-7-5-13(6-8-14)10-2-3-10/h10H,2-9H2,1H3,(H,12,16). The van der Waals surface area contributed by atoms with Gasteiger partial charge in [0, 0.05) is 45.9 Å². The topological polar surface area (TPSA) is 27.7 Å². The summed E-state index contributed by atoms with van der Waals surface area (Å²) >= 11 is 5.35. The summed E-state index contributed by atoms with van der Waals surface area (Å²) < 4.78 is 4.99. The molecule has 0 bridgehead atoms. The Labute approximate surface area is 103 Å². The van der Waals surface area contributed by atoms with E-state index in [1.165, 1.54) is 12.8 Å². The molecule has 0 aromatic carbocycles. The number of thiocarbonyl (C=S) groups is 1. The van der Waals surface area contributed by atoms with Crippen molar-refractivity contribution in [1.29, 1.82) is 0 Å². The smallest absolute Gasteiger partial charge is 0.169 e. The number of ether oxygens (including phenoxy) is 1. The molecule has 0 unspecified atom stereocenters. The van der Waals surface area contributed by atoms with Gasteiger partial charge in [-0.2, -0.15) is 0 Å². The largest absolute Gasteiger partial charge is 0.383 e. The predicted octanol–water partition coefficient (Wildman–Crippen LogP) is 0.287. The maximum absolute atomic E-state index is 5.35. The van der Waals surface area contributed by atoms with Gasteiger partial charge in [0.2, 0.25) is 0 Å². The molecule has 1 N–H and O–H groups in total. The van der Waals surface area contributed by atoms with E-state index in [1.54, 1.807) is 7.11 Å². The van der Waals surface area contributed by atoms with Crippen LogP contribution in [0.4, 0.5) is 0 Å². The van der Waals surface area contributed by atoms with Crippen LogP contribution < -0.4 is 5.32 Å². The molecule has 0 radical (unpaired) electrons. The van der Waals surface area contributed by atoms with Crippen molar-refractivity contribution in [3.8, 4) is 0 Å². The number of hydrogen-bond donors (Lipinski definition) is 1. The molecule has 2 fully saturated rings. The third-order valence-corrected chi connectivity index (χ3v) is 3.65. The molecule has 4 nitrogen and oxygen atoms in total. The lowest BCUT2D eigenvalue weighted by molar-refractivity contribution is 0.171. The van der Waals surface area contributed by atoms with E-state index in [2.05, 4.69) is 15.1 Å². The fourth-order valence-corrected chi connectivity index (χ4v) is 2.39. The first-order valence-corrected chi connectivity index (χ1v) is 6.48. The minimum absolute atomic E-state index is 0.710. The molecule has 1 saturated carbocycles. The second-order valence-corrected chi connectivity index (χ2v) is 4.87. The maximum atomic E-state index is 5.35. The number of piperazine rings is 1. The lowest BCUT2D eigenvalue weighted by Crippen LogP contribution is -2.52. The molecule has 2 rings (SSSR count). The van der Waals surface area contributed by atoms with E-state index in [-0.39, 0.29) is 0 Å². The van der Waals surface area contributed by atoms with E-state index in [0.717, 1.165) is 43.9 Å². The monoisotopic (exact) mass is 243 g/mol. The summed E-state index contributed by atoms with van der Waals surface area (Å²) in [4.78, 5) is 4.86. The maximum Gasteiger partial charge on any atom is 0.169 e. The molecule has 1 saturated heterocycles. The summed E-state index contributed by atoms with van der Waals surface area (Å²) in [6, 6.07) is 0.886. The SMILES string of the molecule is COCCNC(=S)N1CCN(C2CC2)CC1. The Morgan fingerprint density at radius 3 is 2.56 bits per heavy atom. The minimum Gasteiger partial charge on any atom is -0.383 e. The van der Waals surface area contributed by atoms with Crippen LogP contribution in [0.1, 0.15) is 12.8 Å². The zero-order valence-electron chi connectivity index (χ0n) is 9.95. The third kappa shape index (κ3) is 3.30. The van der Waals surface area contributed by atoms with Crippen LogP contribution in [-0.4, -0.2) is 67.4 Å². The molecule has 1 aliphatic heterocycles. The number of rotatable bonds is 4. The average molecular weight is 243 g/mol. The van der Waals surface area contributed by atoms with Gasteiger partial charge in [0.15, 0.2) is 5.11 Å². The van der Waals surface area contributed by atoms with E-state index < -0.39 is 0 Å². The summed E-state index contributed by atoms with van der Waals surface area (Å²) in [6.45, 7) is 5.97. The second-order valence-electron chi connectivity index (χ2n) is 4.48. The highest BCUT2D eigenvalue weighted by Gasteiger charge is 2.31. The summed E-state index contributed by atoms with van der Waals surface area (Å²) in [5.41, 5.74) is 0. The molecular weight excluding hydrogens is 222 g/mol. The van der Waals surface area contributed by atoms with Gasteiger partial charge in [-0.05, 0) is 25.1 Å². The number of hydrogen-bond acceptors (Lipinski definition) is 3. The van der Waals surface area contributed by atoms with Gasteiger partial charge in [0.1, 0.15) is 0 Å². The van der Waals surface area contributed by atoms with E-state index in [1.807, 2.05) is 0 Å². The Balaban J connectivity index is 1.64. The van der Waals surface area contributed by atoms with E-state index >= 15 is 0 Å². The fourth-order valence-electron chi connectivity index (χ4n) is 2.10. The van der Waals surface area contributed by atoms with Crippen LogP contribution in [0.5, 0.6) is 0 Å². The fraction of sp³-hybridized carbons (Fsp3) is 0.909. The van der Waals surface area contributed by atoms with Crippen LogP contribution in [0.2, 0.25) is 0 Å². The van der Waals surface area contributed by atoms with Gasteiger partial charge in [-0.1, -0.05) is 0 Å². The Bertz CT molecular complexity index is 237. The van der Waals surface area contributed by atoms with Gasteiger partial charge in [0.25, 0.3) is 0 Å². The number of nitrogens with one attached hydrogen (secondary N) is 1. The van der Waals surface area contributed by atoms with Crippen molar-refractivity contribution in [2.24, 2.45) is 0 Å². The van der Waals surface area contributed by atoms with Crippen LogP contribution in [0.15, 0.2) is 0 Å². The van der Waals surface area contributed by atoms with Gasteiger partial charge in [0.05, 0.1) is 6.61 Å². The predicted molar refractivity (Wildman–Crippen MR) is 68.6 cm³/mol. The van der Waals surface area contributed by atoms with Crippen LogP contribution in [-0.2, 0) is 4.74 Å². The summed E-state index contributed by atoms with van der Waals surface area (Å²) in [6.07, 6.45) is 2.80. The second kappa shape index (κ2) is 5.80. The van der Waals surface area contributed by atoms with Gasteiger partial charge in [-0.15, -0.1) is 0 Å². The van der Waals surface area contributed by atoms with Crippen LogP contribution >= 0.6 is 12.2 Å². The zero-order chi connectivity index (χ0) is 11.4. The van der Waals surface area contributed by atoms with Gasteiger partial charge in [-0.25, -0.2) is 0 Å². The van der Waals surface area contributed by atoms with Crippen molar-refractivity contribution in [1.82, 2.24) is 15.1 Å². The Morgan fingerprint density at radius 2 is 2.00 bits per heavy atom. The van der Waals surface area contributed by atoms with Crippen molar-refractivity contribution >= 4 is 17.3 Å². The first-order chi connectivity index (χ1) is 7.81. The lowest BCUT2D eigenvalue weighted by atomic mass is 10.3.